The molecule has 0 saturated carbocycles. The van der Waals surface area contributed by atoms with Crippen molar-refractivity contribution in [3.63, 3.8) is 0 Å². The van der Waals surface area contributed by atoms with Gasteiger partial charge in [-0.3, -0.25) is 4.79 Å². The van der Waals surface area contributed by atoms with Crippen LogP contribution in [-0.2, 0) is 0 Å². The molecule has 18 heavy (non-hydrogen) atoms. The molecule has 1 aliphatic rings. The Morgan fingerprint density at radius 3 is 2.61 bits per heavy atom. The number of nitrogens with zero attached hydrogens (tertiary/aromatic N) is 1. The topological polar surface area (TPSA) is 20.3 Å². The number of rotatable bonds is 1. The molecule has 0 N–H and O–H groups in total. The highest BCUT2D eigenvalue weighted by atomic mass is 32.1. The predicted octanol–water partition coefficient (Wildman–Crippen LogP) is 3.37. The highest BCUT2D eigenvalue weighted by molar-refractivity contribution is 7.80. The molecule has 0 spiro atoms. The van der Waals surface area contributed by atoms with E-state index >= 15 is 0 Å². The molecule has 2 nitrogen and oxygen atoms in total. The van der Waals surface area contributed by atoms with E-state index in [1.54, 1.807) is 11.4 Å². The number of halogens is 3. The van der Waals surface area contributed by atoms with E-state index in [1.165, 1.54) is 16.2 Å². The molecule has 0 aromatic carbocycles. The summed E-state index contributed by atoms with van der Waals surface area (Å²) in [7, 11) is 0. The Kier molecular flexibility index (Phi) is 3.72. The second-order valence-electron chi connectivity index (χ2n) is 3.90. The van der Waals surface area contributed by atoms with Crippen LogP contribution < -0.4 is 0 Å². The van der Waals surface area contributed by atoms with Gasteiger partial charge < -0.3 is 4.90 Å². The van der Waals surface area contributed by atoms with Gasteiger partial charge in [0.25, 0.3) is 5.91 Å². The summed E-state index contributed by atoms with van der Waals surface area (Å²) in [4.78, 5) is 14.6. The Labute approximate surface area is 112 Å². The standard InChI is InChI=1S/C11H10F3NOS2/c12-11(13,14)7-1-3-15(4-2-7)10(16)9-5-8(17)6-18-9/h1,5-6,17H,2-4H2. The second kappa shape index (κ2) is 4.97. The third-order valence-corrected chi connectivity index (χ3v) is 4.01. The Hall–Kier alpha value is -0.950. The molecule has 1 aliphatic heterocycles. The minimum atomic E-state index is -4.28. The van der Waals surface area contributed by atoms with Gasteiger partial charge in [0.1, 0.15) is 0 Å². The van der Waals surface area contributed by atoms with Crippen LogP contribution in [0.2, 0.25) is 0 Å². The van der Waals surface area contributed by atoms with E-state index in [0.717, 1.165) is 6.08 Å². The molecule has 98 valence electrons. The summed E-state index contributed by atoms with van der Waals surface area (Å²) < 4.78 is 37.2. The van der Waals surface area contributed by atoms with Crippen LogP contribution in [0.15, 0.2) is 28.0 Å². The number of hydrogen-bond acceptors (Lipinski definition) is 3. The fraction of sp³-hybridized carbons (Fsp3) is 0.364. The van der Waals surface area contributed by atoms with Gasteiger partial charge in [-0.1, -0.05) is 6.08 Å². The van der Waals surface area contributed by atoms with Crippen LogP contribution in [0.4, 0.5) is 13.2 Å². The number of amides is 1. The minimum Gasteiger partial charge on any atom is -0.334 e. The summed E-state index contributed by atoms with van der Waals surface area (Å²) in [6.45, 7) is 0.109. The highest BCUT2D eigenvalue weighted by Gasteiger charge is 2.35. The lowest BCUT2D eigenvalue weighted by Crippen LogP contribution is -2.36. The Morgan fingerprint density at radius 2 is 2.17 bits per heavy atom. The van der Waals surface area contributed by atoms with Gasteiger partial charge >= 0.3 is 6.18 Å². The molecule has 0 saturated heterocycles. The first-order valence-corrected chi connectivity index (χ1v) is 6.53. The molecular formula is C11H10F3NOS2. The predicted molar refractivity (Wildman–Crippen MR) is 66.2 cm³/mol. The average Bonchev–Trinajstić information content (AvgIpc) is 2.74. The molecule has 0 fully saturated rings. The Balaban J connectivity index is 2.06. The third kappa shape index (κ3) is 2.89. The first kappa shape index (κ1) is 13.5. The van der Waals surface area contributed by atoms with Gasteiger partial charge in [-0.25, -0.2) is 0 Å². The van der Waals surface area contributed by atoms with E-state index < -0.39 is 11.7 Å². The number of carbonyl (C=O) groups is 1. The zero-order valence-electron chi connectivity index (χ0n) is 9.20. The maximum Gasteiger partial charge on any atom is 0.412 e. The van der Waals surface area contributed by atoms with Gasteiger partial charge in [0.05, 0.1) is 4.88 Å². The summed E-state index contributed by atoms with van der Waals surface area (Å²) in [5.41, 5.74) is -0.549. The van der Waals surface area contributed by atoms with Crippen LogP contribution in [0.25, 0.3) is 0 Å². The lowest BCUT2D eigenvalue weighted by molar-refractivity contribution is -0.0957. The molecule has 1 amide bonds. The maximum atomic E-state index is 12.4. The highest BCUT2D eigenvalue weighted by Crippen LogP contribution is 2.30. The van der Waals surface area contributed by atoms with Crippen LogP contribution in [0.3, 0.4) is 0 Å². The normalized spacial score (nSPS) is 16.7. The lowest BCUT2D eigenvalue weighted by Gasteiger charge is -2.26. The summed E-state index contributed by atoms with van der Waals surface area (Å²) in [6, 6.07) is 1.62. The molecule has 0 aliphatic carbocycles. The fourth-order valence-corrected chi connectivity index (χ4v) is 2.82. The molecule has 0 unspecified atom stereocenters. The molecule has 2 rings (SSSR count). The van der Waals surface area contributed by atoms with E-state index in [-0.39, 0.29) is 25.4 Å². The number of carbonyl (C=O) groups excluding carboxylic acids is 1. The average molecular weight is 293 g/mol. The van der Waals surface area contributed by atoms with Gasteiger partial charge in [-0.15, -0.1) is 24.0 Å². The van der Waals surface area contributed by atoms with E-state index in [9.17, 15) is 18.0 Å². The summed E-state index contributed by atoms with van der Waals surface area (Å²) in [5, 5.41) is 1.72. The van der Waals surface area contributed by atoms with Crippen molar-refractivity contribution in [1.82, 2.24) is 4.90 Å². The van der Waals surface area contributed by atoms with Crippen LogP contribution in [0, 0.1) is 0 Å². The molecule has 1 aromatic rings. The molecule has 7 heteroatoms. The molecule has 0 atom stereocenters. The van der Waals surface area contributed by atoms with Crippen LogP contribution in [-0.4, -0.2) is 30.1 Å². The fourth-order valence-electron chi connectivity index (χ4n) is 1.71. The first-order valence-electron chi connectivity index (χ1n) is 5.21. The van der Waals surface area contributed by atoms with Gasteiger partial charge in [-0.2, -0.15) is 13.2 Å². The SMILES string of the molecule is O=C(c1cc(S)cs1)N1CC=C(C(F)(F)F)CC1. The van der Waals surface area contributed by atoms with Crippen molar-refractivity contribution in [1.29, 1.82) is 0 Å². The number of hydrogen-bond donors (Lipinski definition) is 1. The Morgan fingerprint density at radius 1 is 1.44 bits per heavy atom. The van der Waals surface area contributed by atoms with Gasteiger partial charge in [0.15, 0.2) is 0 Å². The molecule has 1 aromatic heterocycles. The minimum absolute atomic E-state index is 0.00742. The summed E-state index contributed by atoms with van der Waals surface area (Å²) in [5.74, 6) is -0.238. The molecular weight excluding hydrogens is 283 g/mol. The molecule has 0 bridgehead atoms. The van der Waals surface area contributed by atoms with Gasteiger partial charge in [0.2, 0.25) is 0 Å². The summed E-state index contributed by atoms with van der Waals surface area (Å²) in [6.07, 6.45) is -3.35. The van der Waals surface area contributed by atoms with Crippen molar-refractivity contribution in [3.05, 3.63) is 28.0 Å². The Bertz CT molecular complexity index is 493. The largest absolute Gasteiger partial charge is 0.412 e. The first-order chi connectivity index (χ1) is 8.38. The molecule has 0 radical (unpaired) electrons. The van der Waals surface area contributed by atoms with Gasteiger partial charge in [0, 0.05) is 28.9 Å². The third-order valence-electron chi connectivity index (χ3n) is 2.66. The van der Waals surface area contributed by atoms with Crippen molar-refractivity contribution >= 4 is 29.9 Å². The number of alkyl halides is 3. The lowest BCUT2D eigenvalue weighted by atomic mass is 10.1. The van der Waals surface area contributed by atoms with Crippen molar-refractivity contribution < 1.29 is 18.0 Å². The van der Waals surface area contributed by atoms with Crippen LogP contribution in [0.5, 0.6) is 0 Å². The van der Waals surface area contributed by atoms with E-state index in [4.69, 9.17) is 0 Å². The monoisotopic (exact) mass is 293 g/mol. The van der Waals surface area contributed by atoms with Crippen LogP contribution in [0.1, 0.15) is 16.1 Å². The smallest absolute Gasteiger partial charge is 0.334 e. The molecule has 2 heterocycles. The summed E-state index contributed by atoms with van der Waals surface area (Å²) >= 11 is 5.34. The zero-order chi connectivity index (χ0) is 13.3. The zero-order valence-corrected chi connectivity index (χ0v) is 10.9. The van der Waals surface area contributed by atoms with Gasteiger partial charge in [-0.05, 0) is 12.5 Å². The van der Waals surface area contributed by atoms with Crippen molar-refractivity contribution in [2.45, 2.75) is 17.5 Å². The van der Waals surface area contributed by atoms with E-state index in [0.29, 0.717) is 9.77 Å². The number of thiol groups is 1. The number of thiophene rings is 1. The second-order valence-corrected chi connectivity index (χ2v) is 5.33. The van der Waals surface area contributed by atoms with Crippen molar-refractivity contribution in [2.24, 2.45) is 0 Å². The van der Waals surface area contributed by atoms with E-state index in [1.807, 2.05) is 0 Å². The van der Waals surface area contributed by atoms with Crippen LogP contribution >= 0.6 is 24.0 Å². The van der Waals surface area contributed by atoms with Crippen molar-refractivity contribution in [3.8, 4) is 0 Å². The quantitative estimate of drug-likeness (QED) is 0.622. The maximum absolute atomic E-state index is 12.4. The van der Waals surface area contributed by atoms with E-state index in [2.05, 4.69) is 12.6 Å². The van der Waals surface area contributed by atoms with Crippen molar-refractivity contribution in [2.75, 3.05) is 13.1 Å².